The second-order valence-electron chi connectivity index (χ2n) is 3.90. The van der Waals surface area contributed by atoms with E-state index in [4.69, 9.17) is 28.3 Å². The zero-order valence-electron chi connectivity index (χ0n) is 9.61. The van der Waals surface area contributed by atoms with Gasteiger partial charge in [-0.2, -0.15) is 0 Å². The van der Waals surface area contributed by atoms with E-state index in [-0.39, 0.29) is 17.5 Å². The summed E-state index contributed by atoms with van der Waals surface area (Å²) in [5, 5.41) is 9.62. The van der Waals surface area contributed by atoms with Crippen LogP contribution < -0.4 is 5.56 Å². The van der Waals surface area contributed by atoms with Crippen molar-refractivity contribution in [2.75, 3.05) is 0 Å². The van der Waals surface area contributed by atoms with Crippen molar-refractivity contribution in [3.8, 4) is 11.1 Å². The largest absolute Gasteiger partial charge is 0.481 e. The van der Waals surface area contributed by atoms with Gasteiger partial charge in [0.15, 0.2) is 0 Å². The van der Waals surface area contributed by atoms with Crippen molar-refractivity contribution in [2.24, 2.45) is 0 Å². The molecule has 0 saturated carbocycles. The van der Waals surface area contributed by atoms with Gasteiger partial charge in [0.1, 0.15) is 0 Å². The predicted molar refractivity (Wildman–Crippen MR) is 73.9 cm³/mol. The third-order valence-electron chi connectivity index (χ3n) is 2.59. The highest BCUT2D eigenvalue weighted by molar-refractivity contribution is 6.36. The molecule has 2 rings (SSSR count). The molecule has 98 valence electrons. The molecule has 0 amide bonds. The third kappa shape index (κ3) is 2.97. The van der Waals surface area contributed by atoms with Crippen molar-refractivity contribution >= 4 is 29.2 Å². The molecule has 19 heavy (non-hydrogen) atoms. The summed E-state index contributed by atoms with van der Waals surface area (Å²) in [6, 6.07) is 6.26. The molecule has 0 unspecified atom stereocenters. The highest BCUT2D eigenvalue weighted by Crippen LogP contribution is 2.30. The van der Waals surface area contributed by atoms with Gasteiger partial charge in [-0.1, -0.05) is 29.3 Å². The van der Waals surface area contributed by atoms with Gasteiger partial charge in [0.2, 0.25) is 0 Å². The average molecular weight is 298 g/mol. The fourth-order valence-corrected chi connectivity index (χ4v) is 2.32. The van der Waals surface area contributed by atoms with Crippen LogP contribution in [0.3, 0.4) is 0 Å². The summed E-state index contributed by atoms with van der Waals surface area (Å²) in [5.41, 5.74) is 0.735. The Morgan fingerprint density at radius 3 is 2.63 bits per heavy atom. The number of hydrogen-bond donors (Lipinski definition) is 2. The molecule has 6 heteroatoms. The van der Waals surface area contributed by atoms with E-state index in [1.807, 2.05) is 0 Å². The van der Waals surface area contributed by atoms with Gasteiger partial charge in [-0.3, -0.25) is 9.59 Å². The van der Waals surface area contributed by atoms with Crippen LogP contribution in [0.25, 0.3) is 11.1 Å². The minimum Gasteiger partial charge on any atom is -0.481 e. The number of carboxylic acid groups (broad SMARTS) is 1. The Kier molecular flexibility index (Phi) is 3.93. The van der Waals surface area contributed by atoms with E-state index >= 15 is 0 Å². The Bertz CT molecular complexity index is 695. The normalized spacial score (nSPS) is 10.4. The summed E-state index contributed by atoms with van der Waals surface area (Å²) in [7, 11) is 0. The molecule has 0 saturated heterocycles. The van der Waals surface area contributed by atoms with E-state index in [0.29, 0.717) is 21.2 Å². The summed E-state index contributed by atoms with van der Waals surface area (Å²) >= 11 is 11.9. The first kappa shape index (κ1) is 13.6. The molecule has 2 aromatic rings. The molecule has 0 aliphatic carbocycles. The van der Waals surface area contributed by atoms with Gasteiger partial charge in [0, 0.05) is 16.8 Å². The van der Waals surface area contributed by atoms with Crippen molar-refractivity contribution in [3.63, 3.8) is 0 Å². The van der Waals surface area contributed by atoms with Gasteiger partial charge >= 0.3 is 5.97 Å². The van der Waals surface area contributed by atoms with E-state index < -0.39 is 5.97 Å². The van der Waals surface area contributed by atoms with Crippen LogP contribution in [0.1, 0.15) is 5.56 Å². The first-order valence-electron chi connectivity index (χ1n) is 5.37. The van der Waals surface area contributed by atoms with Crippen LogP contribution in [0.15, 0.2) is 35.3 Å². The van der Waals surface area contributed by atoms with Gasteiger partial charge in [0.25, 0.3) is 5.56 Å². The van der Waals surface area contributed by atoms with Gasteiger partial charge in [-0.15, -0.1) is 0 Å². The standard InChI is InChI=1S/C13H9Cl2NO3/c14-8-1-2-9(10(15)6-8)12-7(5-11(17)18)3-4-16-13(12)19/h1-4,6H,5H2,(H,16,19)(H,17,18). The SMILES string of the molecule is O=C(O)Cc1cc[nH]c(=O)c1-c1ccc(Cl)cc1Cl. The number of pyridine rings is 1. The molecule has 0 radical (unpaired) electrons. The predicted octanol–water partition coefficient (Wildman–Crippen LogP) is 2.98. The van der Waals surface area contributed by atoms with Gasteiger partial charge in [0.05, 0.1) is 17.0 Å². The van der Waals surface area contributed by atoms with Gasteiger partial charge in [-0.05, 0) is 23.8 Å². The number of nitrogens with one attached hydrogen (secondary N) is 1. The summed E-state index contributed by atoms with van der Waals surface area (Å²) in [5.74, 6) is -1.02. The molecular weight excluding hydrogens is 289 g/mol. The van der Waals surface area contributed by atoms with E-state index in [1.54, 1.807) is 18.2 Å². The molecule has 0 atom stereocenters. The summed E-state index contributed by atoms with van der Waals surface area (Å²) in [6.45, 7) is 0. The molecule has 2 N–H and O–H groups in total. The number of aromatic nitrogens is 1. The monoisotopic (exact) mass is 297 g/mol. The lowest BCUT2D eigenvalue weighted by molar-refractivity contribution is -0.136. The molecule has 0 bridgehead atoms. The van der Waals surface area contributed by atoms with Crippen molar-refractivity contribution in [3.05, 3.63) is 56.4 Å². The maximum atomic E-state index is 11.9. The minimum atomic E-state index is -1.02. The van der Waals surface area contributed by atoms with E-state index in [2.05, 4.69) is 4.98 Å². The molecule has 0 spiro atoms. The van der Waals surface area contributed by atoms with Crippen LogP contribution in [0.5, 0.6) is 0 Å². The fourth-order valence-electron chi connectivity index (χ4n) is 1.82. The highest BCUT2D eigenvalue weighted by Gasteiger charge is 2.15. The van der Waals surface area contributed by atoms with Crippen LogP contribution in [-0.2, 0) is 11.2 Å². The zero-order valence-corrected chi connectivity index (χ0v) is 11.1. The quantitative estimate of drug-likeness (QED) is 0.915. The summed E-state index contributed by atoms with van der Waals surface area (Å²) in [6.07, 6.45) is 1.16. The van der Waals surface area contributed by atoms with Crippen molar-refractivity contribution in [2.45, 2.75) is 6.42 Å². The lowest BCUT2D eigenvalue weighted by Crippen LogP contribution is -2.13. The van der Waals surface area contributed by atoms with Gasteiger partial charge < -0.3 is 10.1 Å². The molecule has 1 aromatic heterocycles. The van der Waals surface area contributed by atoms with Crippen molar-refractivity contribution in [1.82, 2.24) is 4.98 Å². The number of carbonyl (C=O) groups is 1. The molecule has 0 aliphatic heterocycles. The number of H-pyrrole nitrogens is 1. The number of rotatable bonds is 3. The second kappa shape index (κ2) is 5.47. The number of aromatic amines is 1. The number of benzene rings is 1. The van der Waals surface area contributed by atoms with E-state index in [0.717, 1.165) is 0 Å². The smallest absolute Gasteiger partial charge is 0.307 e. The fraction of sp³-hybridized carbons (Fsp3) is 0.0769. The van der Waals surface area contributed by atoms with E-state index in [9.17, 15) is 9.59 Å². The van der Waals surface area contributed by atoms with Gasteiger partial charge in [-0.25, -0.2) is 0 Å². The summed E-state index contributed by atoms with van der Waals surface area (Å²) < 4.78 is 0. The lowest BCUT2D eigenvalue weighted by Gasteiger charge is -2.08. The Labute approximate surface area is 118 Å². The number of aliphatic carboxylic acids is 1. The second-order valence-corrected chi connectivity index (χ2v) is 4.75. The maximum absolute atomic E-state index is 11.9. The summed E-state index contributed by atoms with van der Waals surface area (Å²) in [4.78, 5) is 25.3. The molecule has 4 nitrogen and oxygen atoms in total. The molecule has 0 fully saturated rings. The Morgan fingerprint density at radius 2 is 2.00 bits per heavy atom. The maximum Gasteiger partial charge on any atom is 0.307 e. The topological polar surface area (TPSA) is 70.2 Å². The molecule has 0 aliphatic rings. The Morgan fingerprint density at radius 1 is 1.26 bits per heavy atom. The number of halogens is 2. The van der Waals surface area contributed by atoms with Crippen molar-refractivity contribution in [1.29, 1.82) is 0 Å². The van der Waals surface area contributed by atoms with Crippen LogP contribution >= 0.6 is 23.2 Å². The molecule has 1 heterocycles. The number of hydrogen-bond acceptors (Lipinski definition) is 2. The minimum absolute atomic E-state index is 0.252. The first-order valence-corrected chi connectivity index (χ1v) is 6.12. The molecule has 1 aromatic carbocycles. The van der Waals surface area contributed by atoms with Crippen LogP contribution in [0.2, 0.25) is 10.0 Å². The van der Waals surface area contributed by atoms with Crippen molar-refractivity contribution < 1.29 is 9.90 Å². The van der Waals surface area contributed by atoms with E-state index in [1.165, 1.54) is 12.3 Å². The zero-order chi connectivity index (χ0) is 14.0. The van der Waals surface area contributed by atoms with Crippen LogP contribution in [0, 0.1) is 0 Å². The Balaban J connectivity index is 2.66. The lowest BCUT2D eigenvalue weighted by atomic mass is 10.00. The highest BCUT2D eigenvalue weighted by atomic mass is 35.5. The van der Waals surface area contributed by atoms with Crippen LogP contribution in [-0.4, -0.2) is 16.1 Å². The molecular formula is C13H9Cl2NO3. The first-order chi connectivity index (χ1) is 8.99. The Hall–Kier alpha value is -1.78. The third-order valence-corrected chi connectivity index (χ3v) is 3.14. The van der Waals surface area contributed by atoms with Crippen LogP contribution in [0.4, 0.5) is 0 Å². The average Bonchev–Trinajstić information content (AvgIpc) is 2.30. The number of carboxylic acids is 1.